The topological polar surface area (TPSA) is 32.3 Å². The minimum Gasteiger partial charge on any atom is -0.341 e. The van der Waals surface area contributed by atoms with Crippen LogP contribution in [0.5, 0.6) is 0 Å². The molecule has 1 saturated heterocycles. The molecule has 1 amide bonds. The van der Waals surface area contributed by atoms with E-state index in [1.807, 2.05) is 54.4 Å². The largest absolute Gasteiger partial charge is 0.341 e. The van der Waals surface area contributed by atoms with Crippen molar-refractivity contribution in [1.29, 1.82) is 0 Å². The molecule has 20 heavy (non-hydrogen) atoms. The van der Waals surface area contributed by atoms with Gasteiger partial charge in [0.2, 0.25) is 0 Å². The van der Waals surface area contributed by atoms with Crippen LogP contribution in [-0.4, -0.2) is 37.5 Å². The molecule has 1 atom stereocenters. The first kappa shape index (κ1) is 13.1. The van der Waals surface area contributed by atoms with Crippen molar-refractivity contribution in [2.75, 3.05) is 26.7 Å². The maximum atomic E-state index is 12.7. The van der Waals surface area contributed by atoms with E-state index >= 15 is 0 Å². The zero-order valence-electron chi connectivity index (χ0n) is 11.8. The Morgan fingerprint density at radius 1 is 1.25 bits per heavy atom. The summed E-state index contributed by atoms with van der Waals surface area (Å²) in [5.74, 6) is 0.702. The zero-order chi connectivity index (χ0) is 13.9. The van der Waals surface area contributed by atoms with Crippen molar-refractivity contribution in [2.45, 2.75) is 6.42 Å². The molecule has 1 fully saturated rings. The molecule has 104 valence electrons. The highest BCUT2D eigenvalue weighted by Gasteiger charge is 2.20. The number of nitrogens with zero attached hydrogens (tertiary/aromatic N) is 1. The van der Waals surface area contributed by atoms with Crippen LogP contribution in [-0.2, 0) is 0 Å². The van der Waals surface area contributed by atoms with Gasteiger partial charge in [-0.25, -0.2) is 0 Å². The Morgan fingerprint density at radius 3 is 2.85 bits per heavy atom. The maximum absolute atomic E-state index is 12.7. The molecule has 3 rings (SSSR count). The van der Waals surface area contributed by atoms with Crippen LogP contribution in [0.25, 0.3) is 10.8 Å². The molecule has 0 aliphatic carbocycles. The van der Waals surface area contributed by atoms with Crippen LogP contribution in [0.4, 0.5) is 0 Å². The average molecular weight is 268 g/mol. The second-order valence-electron chi connectivity index (χ2n) is 5.57. The predicted octanol–water partition coefficient (Wildman–Crippen LogP) is 2.52. The summed E-state index contributed by atoms with van der Waals surface area (Å²) in [7, 11) is 1.91. The van der Waals surface area contributed by atoms with Gasteiger partial charge < -0.3 is 10.2 Å². The van der Waals surface area contributed by atoms with Gasteiger partial charge in [-0.15, -0.1) is 0 Å². The van der Waals surface area contributed by atoms with Gasteiger partial charge in [0, 0.05) is 19.2 Å². The molecule has 0 radical (unpaired) electrons. The molecular formula is C17H20N2O. The molecule has 0 saturated carbocycles. The fraction of sp³-hybridized carbons (Fsp3) is 0.353. The number of carbonyl (C=O) groups is 1. The molecule has 0 aromatic heterocycles. The SMILES string of the molecule is CN(CC1CCNC1)C(=O)c1cccc2ccccc12. The Hall–Kier alpha value is -1.87. The highest BCUT2D eigenvalue weighted by molar-refractivity contribution is 6.06. The van der Waals surface area contributed by atoms with Gasteiger partial charge in [0.1, 0.15) is 0 Å². The van der Waals surface area contributed by atoms with E-state index in [1.54, 1.807) is 0 Å². The first-order valence-electron chi connectivity index (χ1n) is 7.19. The Bertz CT molecular complexity index is 612. The number of benzene rings is 2. The van der Waals surface area contributed by atoms with Crippen LogP contribution in [0.3, 0.4) is 0 Å². The number of rotatable bonds is 3. The van der Waals surface area contributed by atoms with Crippen LogP contribution >= 0.6 is 0 Å². The van der Waals surface area contributed by atoms with Gasteiger partial charge in [0.25, 0.3) is 5.91 Å². The molecule has 2 aromatic rings. The fourth-order valence-corrected chi connectivity index (χ4v) is 2.96. The normalized spacial score (nSPS) is 18.4. The monoisotopic (exact) mass is 268 g/mol. The summed E-state index contributed by atoms with van der Waals surface area (Å²) in [5.41, 5.74) is 0.802. The van der Waals surface area contributed by atoms with E-state index in [1.165, 1.54) is 0 Å². The third-order valence-electron chi connectivity index (χ3n) is 4.06. The summed E-state index contributed by atoms with van der Waals surface area (Å²) < 4.78 is 0. The lowest BCUT2D eigenvalue weighted by Crippen LogP contribution is -2.32. The average Bonchev–Trinajstić information content (AvgIpc) is 2.99. The molecule has 3 nitrogen and oxygen atoms in total. The van der Waals surface area contributed by atoms with Gasteiger partial charge in [-0.2, -0.15) is 0 Å². The summed E-state index contributed by atoms with van der Waals surface area (Å²) in [4.78, 5) is 14.5. The smallest absolute Gasteiger partial charge is 0.254 e. The molecule has 1 aliphatic rings. The van der Waals surface area contributed by atoms with Crippen LogP contribution in [0.1, 0.15) is 16.8 Å². The minimum absolute atomic E-state index is 0.119. The van der Waals surface area contributed by atoms with Crippen LogP contribution in [0.15, 0.2) is 42.5 Å². The maximum Gasteiger partial charge on any atom is 0.254 e. The molecule has 0 bridgehead atoms. The van der Waals surface area contributed by atoms with Gasteiger partial charge in [-0.1, -0.05) is 36.4 Å². The van der Waals surface area contributed by atoms with E-state index in [0.29, 0.717) is 5.92 Å². The number of hydrogen-bond donors (Lipinski definition) is 1. The van der Waals surface area contributed by atoms with Crippen LogP contribution in [0, 0.1) is 5.92 Å². The lowest BCUT2D eigenvalue weighted by Gasteiger charge is -2.21. The van der Waals surface area contributed by atoms with E-state index in [2.05, 4.69) is 5.32 Å². The van der Waals surface area contributed by atoms with E-state index < -0.39 is 0 Å². The summed E-state index contributed by atoms with van der Waals surface area (Å²) >= 11 is 0. The molecule has 3 heteroatoms. The highest BCUT2D eigenvalue weighted by atomic mass is 16.2. The first-order chi connectivity index (χ1) is 9.75. The third-order valence-corrected chi connectivity index (χ3v) is 4.06. The second-order valence-corrected chi connectivity index (χ2v) is 5.57. The van der Waals surface area contributed by atoms with Gasteiger partial charge in [-0.3, -0.25) is 4.79 Å². The summed E-state index contributed by atoms with van der Waals surface area (Å²) in [6, 6.07) is 14.0. The minimum atomic E-state index is 0.119. The molecule has 1 heterocycles. The molecular weight excluding hydrogens is 248 g/mol. The summed E-state index contributed by atoms with van der Waals surface area (Å²) in [6.45, 7) is 2.92. The van der Waals surface area contributed by atoms with Gasteiger partial charge in [0.15, 0.2) is 0 Å². The van der Waals surface area contributed by atoms with Gasteiger partial charge in [-0.05, 0) is 42.3 Å². The molecule has 2 aromatic carbocycles. The predicted molar refractivity (Wildman–Crippen MR) is 81.9 cm³/mol. The summed E-state index contributed by atoms with van der Waals surface area (Å²) in [6.07, 6.45) is 1.16. The third kappa shape index (κ3) is 2.54. The quantitative estimate of drug-likeness (QED) is 0.927. The van der Waals surface area contributed by atoms with Gasteiger partial charge in [0.05, 0.1) is 0 Å². The Balaban J connectivity index is 1.84. The number of carbonyl (C=O) groups excluding carboxylic acids is 1. The summed E-state index contributed by atoms with van der Waals surface area (Å²) in [5, 5.41) is 5.51. The fourth-order valence-electron chi connectivity index (χ4n) is 2.96. The van der Waals surface area contributed by atoms with E-state index in [9.17, 15) is 4.79 Å². The second kappa shape index (κ2) is 5.63. The molecule has 1 unspecified atom stereocenters. The number of fused-ring (bicyclic) bond motifs is 1. The Labute approximate surface area is 119 Å². The standard InChI is InChI=1S/C17H20N2O/c1-19(12-13-9-10-18-11-13)17(20)16-8-4-6-14-5-2-3-7-15(14)16/h2-8,13,18H,9-12H2,1H3. The van der Waals surface area contributed by atoms with E-state index in [0.717, 1.165) is 42.4 Å². The number of hydrogen-bond acceptors (Lipinski definition) is 2. The van der Waals surface area contributed by atoms with Crippen molar-refractivity contribution in [1.82, 2.24) is 10.2 Å². The van der Waals surface area contributed by atoms with Crippen molar-refractivity contribution < 1.29 is 4.79 Å². The Kier molecular flexibility index (Phi) is 3.70. The van der Waals surface area contributed by atoms with Gasteiger partial charge >= 0.3 is 0 Å². The van der Waals surface area contributed by atoms with E-state index in [-0.39, 0.29) is 5.91 Å². The lowest BCUT2D eigenvalue weighted by atomic mass is 10.0. The molecule has 0 spiro atoms. The van der Waals surface area contributed by atoms with Crippen molar-refractivity contribution in [3.8, 4) is 0 Å². The zero-order valence-corrected chi connectivity index (χ0v) is 11.8. The van der Waals surface area contributed by atoms with Crippen molar-refractivity contribution >= 4 is 16.7 Å². The van der Waals surface area contributed by atoms with Crippen molar-refractivity contribution in [3.05, 3.63) is 48.0 Å². The van der Waals surface area contributed by atoms with Crippen LogP contribution < -0.4 is 5.32 Å². The van der Waals surface area contributed by atoms with Crippen molar-refractivity contribution in [2.24, 2.45) is 5.92 Å². The number of nitrogens with one attached hydrogen (secondary N) is 1. The number of amides is 1. The van der Waals surface area contributed by atoms with E-state index in [4.69, 9.17) is 0 Å². The van der Waals surface area contributed by atoms with Crippen LogP contribution in [0.2, 0.25) is 0 Å². The lowest BCUT2D eigenvalue weighted by molar-refractivity contribution is 0.0778. The first-order valence-corrected chi connectivity index (χ1v) is 7.19. The Morgan fingerprint density at radius 2 is 2.05 bits per heavy atom. The highest BCUT2D eigenvalue weighted by Crippen LogP contribution is 2.20. The molecule has 1 aliphatic heterocycles. The molecule has 1 N–H and O–H groups in total. The van der Waals surface area contributed by atoms with Crippen molar-refractivity contribution in [3.63, 3.8) is 0 Å².